The molecular weight excluding hydrogens is 281 g/mol. The number of aromatic nitrogens is 2. The Morgan fingerprint density at radius 3 is 2.55 bits per heavy atom. The number of nitrogens with zero attached hydrogens (tertiary/aromatic N) is 2. The van der Waals surface area contributed by atoms with Crippen LogP contribution in [-0.2, 0) is 0 Å². The van der Waals surface area contributed by atoms with Crippen molar-refractivity contribution >= 4 is 28.4 Å². The van der Waals surface area contributed by atoms with Crippen LogP contribution in [-0.4, -0.2) is 15.7 Å². The van der Waals surface area contributed by atoms with Crippen molar-refractivity contribution in [3.63, 3.8) is 0 Å². The van der Waals surface area contributed by atoms with Gasteiger partial charge in [0.2, 0.25) is 0 Å². The zero-order chi connectivity index (χ0) is 14.3. The van der Waals surface area contributed by atoms with Gasteiger partial charge in [-0.3, -0.25) is 4.79 Å². The summed E-state index contributed by atoms with van der Waals surface area (Å²) in [6.07, 6.45) is 1.68. The maximum Gasteiger partial charge on any atom is 0.250 e. The number of nitrogens with two attached hydrogens (primary N) is 1. The number of carbonyl (C=O) groups excluding carboxylic acids is 1. The number of hydrogen-bond donors (Lipinski definition) is 1. The Morgan fingerprint density at radius 1 is 1.20 bits per heavy atom. The molecule has 0 unspecified atom stereocenters. The molecule has 1 aromatic heterocycles. The molecule has 3 rings (SSSR count). The van der Waals surface area contributed by atoms with Gasteiger partial charge in [0.05, 0.1) is 16.3 Å². The van der Waals surface area contributed by atoms with Crippen LogP contribution in [0.4, 0.5) is 4.39 Å². The Labute approximate surface area is 118 Å². The van der Waals surface area contributed by atoms with Gasteiger partial charge in [0, 0.05) is 11.6 Å². The first-order chi connectivity index (χ1) is 9.56. The third-order valence-corrected chi connectivity index (χ3v) is 3.31. The van der Waals surface area contributed by atoms with E-state index in [1.54, 1.807) is 24.4 Å². The fourth-order valence-corrected chi connectivity index (χ4v) is 2.20. The highest BCUT2D eigenvalue weighted by Crippen LogP contribution is 2.26. The highest BCUT2D eigenvalue weighted by Gasteiger charge is 2.13. The maximum atomic E-state index is 12.9. The molecule has 3 aromatic rings. The summed E-state index contributed by atoms with van der Waals surface area (Å²) in [5.74, 6) is -0.905. The van der Waals surface area contributed by atoms with Gasteiger partial charge in [0.15, 0.2) is 0 Å². The molecule has 100 valence electrons. The molecule has 0 radical (unpaired) electrons. The van der Waals surface area contributed by atoms with Crippen LogP contribution in [0.25, 0.3) is 16.6 Å². The van der Waals surface area contributed by atoms with E-state index in [1.807, 2.05) is 0 Å². The monoisotopic (exact) mass is 289 g/mol. The lowest BCUT2D eigenvalue weighted by atomic mass is 10.1. The van der Waals surface area contributed by atoms with E-state index in [2.05, 4.69) is 5.10 Å². The third-order valence-electron chi connectivity index (χ3n) is 2.98. The lowest BCUT2D eigenvalue weighted by molar-refractivity contribution is 0.100. The normalized spacial score (nSPS) is 10.9. The van der Waals surface area contributed by atoms with Crippen LogP contribution in [0.15, 0.2) is 42.6 Å². The van der Waals surface area contributed by atoms with Crippen molar-refractivity contribution < 1.29 is 9.18 Å². The van der Waals surface area contributed by atoms with Crippen LogP contribution in [0.3, 0.4) is 0 Å². The van der Waals surface area contributed by atoms with Crippen molar-refractivity contribution in [2.75, 3.05) is 0 Å². The summed E-state index contributed by atoms with van der Waals surface area (Å²) < 4.78 is 14.5. The Kier molecular flexibility index (Phi) is 2.91. The first kappa shape index (κ1) is 12.6. The average molecular weight is 290 g/mol. The fourth-order valence-electron chi connectivity index (χ4n) is 2.00. The minimum Gasteiger partial charge on any atom is -0.366 e. The number of carbonyl (C=O) groups is 1. The third kappa shape index (κ3) is 2.02. The van der Waals surface area contributed by atoms with Gasteiger partial charge in [-0.1, -0.05) is 11.6 Å². The molecule has 2 aromatic carbocycles. The summed E-state index contributed by atoms with van der Waals surface area (Å²) in [7, 11) is 0. The van der Waals surface area contributed by atoms with Crippen molar-refractivity contribution in [2.24, 2.45) is 5.73 Å². The number of primary amides is 1. The standard InChI is InChI=1S/C14H9ClFN3O/c15-12-6-5-10(14(17)20)13-11(12)7-19(18-13)9-3-1-8(16)2-4-9/h1-7H,(H2,17,20). The minimum absolute atomic E-state index is 0.297. The van der Waals surface area contributed by atoms with Gasteiger partial charge in [-0.15, -0.1) is 0 Å². The second-order valence-corrected chi connectivity index (χ2v) is 4.68. The summed E-state index contributed by atoms with van der Waals surface area (Å²) in [6, 6.07) is 8.96. The average Bonchev–Trinajstić information content (AvgIpc) is 2.85. The number of fused-ring (bicyclic) bond motifs is 1. The molecule has 6 heteroatoms. The SMILES string of the molecule is NC(=O)c1ccc(Cl)c2cn(-c3ccc(F)cc3)nc12. The van der Waals surface area contributed by atoms with Gasteiger partial charge < -0.3 is 5.73 Å². The smallest absolute Gasteiger partial charge is 0.250 e. The summed E-state index contributed by atoms with van der Waals surface area (Å²) in [4.78, 5) is 11.4. The first-order valence-electron chi connectivity index (χ1n) is 5.80. The number of hydrogen-bond acceptors (Lipinski definition) is 2. The van der Waals surface area contributed by atoms with E-state index in [1.165, 1.54) is 22.9 Å². The van der Waals surface area contributed by atoms with Crippen molar-refractivity contribution in [2.45, 2.75) is 0 Å². The molecule has 0 saturated heterocycles. The van der Waals surface area contributed by atoms with Crippen LogP contribution < -0.4 is 5.73 Å². The van der Waals surface area contributed by atoms with E-state index in [4.69, 9.17) is 17.3 Å². The van der Waals surface area contributed by atoms with Gasteiger partial charge in [0.25, 0.3) is 5.91 Å². The largest absolute Gasteiger partial charge is 0.366 e. The van der Waals surface area contributed by atoms with Gasteiger partial charge in [0.1, 0.15) is 11.3 Å². The van der Waals surface area contributed by atoms with E-state index in [9.17, 15) is 9.18 Å². The number of rotatable bonds is 2. The molecule has 20 heavy (non-hydrogen) atoms. The van der Waals surface area contributed by atoms with Crippen LogP contribution in [0.2, 0.25) is 5.02 Å². The molecule has 0 bridgehead atoms. The van der Waals surface area contributed by atoms with E-state index >= 15 is 0 Å². The van der Waals surface area contributed by atoms with Crippen LogP contribution in [0.5, 0.6) is 0 Å². The van der Waals surface area contributed by atoms with E-state index in [-0.39, 0.29) is 5.82 Å². The van der Waals surface area contributed by atoms with Gasteiger partial charge in [-0.25, -0.2) is 9.07 Å². The zero-order valence-corrected chi connectivity index (χ0v) is 10.9. The first-order valence-corrected chi connectivity index (χ1v) is 6.17. The highest BCUT2D eigenvalue weighted by molar-refractivity contribution is 6.36. The maximum absolute atomic E-state index is 12.9. The Hall–Kier alpha value is -2.40. The number of halogens is 2. The predicted octanol–water partition coefficient (Wildman–Crippen LogP) is 2.92. The molecule has 4 nitrogen and oxygen atoms in total. The van der Waals surface area contributed by atoms with E-state index in [0.29, 0.717) is 27.2 Å². The molecule has 1 heterocycles. The van der Waals surface area contributed by atoms with Crippen LogP contribution in [0, 0.1) is 5.82 Å². The molecule has 2 N–H and O–H groups in total. The molecule has 0 aliphatic heterocycles. The summed E-state index contributed by atoms with van der Waals surface area (Å²) in [5, 5.41) is 5.39. The van der Waals surface area contributed by atoms with Crippen molar-refractivity contribution in [1.29, 1.82) is 0 Å². The second-order valence-electron chi connectivity index (χ2n) is 4.27. The lowest BCUT2D eigenvalue weighted by Crippen LogP contribution is -2.11. The van der Waals surface area contributed by atoms with Crippen molar-refractivity contribution in [3.05, 3.63) is 59.0 Å². The molecular formula is C14H9ClFN3O. The van der Waals surface area contributed by atoms with Crippen LogP contribution >= 0.6 is 11.6 Å². The Bertz CT molecular complexity index is 811. The molecule has 0 fully saturated rings. The van der Waals surface area contributed by atoms with Crippen molar-refractivity contribution in [3.8, 4) is 5.69 Å². The van der Waals surface area contributed by atoms with Crippen molar-refractivity contribution in [1.82, 2.24) is 9.78 Å². The summed E-state index contributed by atoms with van der Waals surface area (Å²) >= 11 is 6.09. The Morgan fingerprint density at radius 2 is 1.90 bits per heavy atom. The zero-order valence-electron chi connectivity index (χ0n) is 10.2. The highest BCUT2D eigenvalue weighted by atomic mass is 35.5. The number of benzene rings is 2. The van der Waals surface area contributed by atoms with Gasteiger partial charge in [-0.05, 0) is 36.4 Å². The lowest BCUT2D eigenvalue weighted by Gasteiger charge is -1.99. The molecule has 0 spiro atoms. The van der Waals surface area contributed by atoms with Crippen LogP contribution in [0.1, 0.15) is 10.4 Å². The molecule has 0 atom stereocenters. The molecule has 0 saturated carbocycles. The second kappa shape index (κ2) is 4.61. The Balaban J connectivity index is 2.24. The molecule has 1 amide bonds. The quantitative estimate of drug-likeness (QED) is 0.788. The predicted molar refractivity (Wildman–Crippen MR) is 74.6 cm³/mol. The summed E-state index contributed by atoms with van der Waals surface area (Å²) in [6.45, 7) is 0. The summed E-state index contributed by atoms with van der Waals surface area (Å²) in [5.41, 5.74) is 6.70. The van der Waals surface area contributed by atoms with Gasteiger partial charge in [-0.2, -0.15) is 5.10 Å². The van der Waals surface area contributed by atoms with E-state index in [0.717, 1.165) is 0 Å². The number of amides is 1. The minimum atomic E-state index is -0.573. The molecule has 0 aliphatic carbocycles. The van der Waals surface area contributed by atoms with E-state index < -0.39 is 5.91 Å². The van der Waals surface area contributed by atoms with Gasteiger partial charge >= 0.3 is 0 Å². The topological polar surface area (TPSA) is 60.9 Å². The fraction of sp³-hybridized carbons (Fsp3) is 0. The molecule has 0 aliphatic rings.